The van der Waals surface area contributed by atoms with E-state index in [1.165, 1.54) is 6.07 Å². The van der Waals surface area contributed by atoms with Crippen LogP contribution in [0, 0.1) is 30.7 Å². The van der Waals surface area contributed by atoms with Gasteiger partial charge in [-0.3, -0.25) is 26.5 Å². The Morgan fingerprint density at radius 1 is 1.18 bits per heavy atom. The Labute approximate surface area is 115 Å². The maximum atomic E-state index is 12.1. The summed E-state index contributed by atoms with van der Waals surface area (Å²) in [6.45, 7) is 1.57. The zero-order chi connectivity index (χ0) is 6.85. The van der Waals surface area contributed by atoms with Gasteiger partial charge in [0.05, 0.1) is 0 Å². The summed E-state index contributed by atoms with van der Waals surface area (Å²) >= 11 is 0. The normalized spacial score (nSPS) is 7.91. The standard InChI is InChI=1S/C7H4F2.2Y/c1-5-2-6(8)4-7(9)3-5;;/h2H,1H3;;/q-2;;. The van der Waals surface area contributed by atoms with E-state index >= 15 is 0 Å². The van der Waals surface area contributed by atoms with E-state index in [2.05, 4.69) is 6.07 Å². The van der Waals surface area contributed by atoms with Crippen LogP contribution in [0.2, 0.25) is 0 Å². The quantitative estimate of drug-likeness (QED) is 0.642. The molecule has 0 saturated heterocycles. The molecule has 0 aromatic heterocycles. The Balaban J connectivity index is 0. The van der Waals surface area contributed by atoms with E-state index in [0.717, 1.165) is 0 Å². The van der Waals surface area contributed by atoms with E-state index in [1.807, 2.05) is 6.07 Å². The Morgan fingerprint density at radius 3 is 2.09 bits per heavy atom. The molecule has 2 radical (unpaired) electrons. The minimum atomic E-state index is -0.771. The summed E-state index contributed by atoms with van der Waals surface area (Å²) < 4.78 is 24.2. The van der Waals surface area contributed by atoms with E-state index < -0.39 is 11.6 Å². The van der Waals surface area contributed by atoms with Crippen molar-refractivity contribution in [2.45, 2.75) is 6.92 Å². The second-order valence-corrected chi connectivity index (χ2v) is 1.74. The van der Waals surface area contributed by atoms with Gasteiger partial charge in [0.2, 0.25) is 0 Å². The van der Waals surface area contributed by atoms with Crippen molar-refractivity contribution in [2.75, 3.05) is 0 Å². The third kappa shape index (κ3) is 5.51. The van der Waals surface area contributed by atoms with Crippen LogP contribution in [0.1, 0.15) is 5.56 Å². The first-order chi connectivity index (χ1) is 4.18. The van der Waals surface area contributed by atoms with Gasteiger partial charge in [0.25, 0.3) is 0 Å². The van der Waals surface area contributed by atoms with Gasteiger partial charge in [-0.25, -0.2) is 0 Å². The zero-order valence-electron chi connectivity index (χ0n) is 5.99. The summed E-state index contributed by atoms with van der Waals surface area (Å²) in [7, 11) is 0. The fourth-order valence-corrected chi connectivity index (χ4v) is 0.571. The molecule has 0 saturated carbocycles. The number of hydrogen-bond donors (Lipinski definition) is 0. The van der Waals surface area contributed by atoms with Gasteiger partial charge in [-0.1, -0.05) is 6.92 Å². The molecule has 0 amide bonds. The number of aryl methyl sites for hydroxylation is 1. The van der Waals surface area contributed by atoms with Gasteiger partial charge in [-0.2, -0.15) is 0 Å². The Morgan fingerprint density at radius 2 is 1.73 bits per heavy atom. The van der Waals surface area contributed by atoms with Crippen molar-refractivity contribution in [3.05, 3.63) is 35.4 Å². The number of benzene rings is 1. The van der Waals surface area contributed by atoms with Gasteiger partial charge in [0.1, 0.15) is 0 Å². The van der Waals surface area contributed by atoms with Crippen molar-refractivity contribution in [2.24, 2.45) is 0 Å². The van der Waals surface area contributed by atoms with Gasteiger partial charge in [0.15, 0.2) is 0 Å². The van der Waals surface area contributed by atoms with Crippen LogP contribution in [0.25, 0.3) is 0 Å². The molecule has 0 aliphatic rings. The van der Waals surface area contributed by atoms with Crippen LogP contribution in [0.15, 0.2) is 6.07 Å². The molecular weight excluding hydrogens is 300 g/mol. The van der Waals surface area contributed by atoms with Gasteiger partial charge < -0.3 is 6.07 Å². The predicted molar refractivity (Wildman–Crippen MR) is 28.8 cm³/mol. The zero-order valence-corrected chi connectivity index (χ0v) is 11.7. The molecule has 1 aromatic carbocycles. The molecule has 11 heavy (non-hydrogen) atoms. The second kappa shape index (κ2) is 6.77. The molecule has 0 nitrogen and oxygen atoms in total. The maximum absolute atomic E-state index is 12.1. The van der Waals surface area contributed by atoms with E-state index in [-0.39, 0.29) is 65.4 Å². The molecule has 0 bridgehead atoms. The van der Waals surface area contributed by atoms with Crippen molar-refractivity contribution < 1.29 is 74.2 Å². The minimum absolute atomic E-state index is 0. The number of rotatable bonds is 0. The van der Waals surface area contributed by atoms with Crippen molar-refractivity contribution >= 4 is 0 Å². The molecule has 0 spiro atoms. The minimum Gasteiger partial charge on any atom is -0.319 e. The third-order valence-electron chi connectivity index (χ3n) is 0.879. The summed E-state index contributed by atoms with van der Waals surface area (Å²) in [5, 5.41) is 0. The van der Waals surface area contributed by atoms with Gasteiger partial charge >= 0.3 is 0 Å². The molecule has 4 heteroatoms. The van der Waals surface area contributed by atoms with Crippen LogP contribution < -0.4 is 0 Å². The first-order valence-corrected chi connectivity index (χ1v) is 2.46. The van der Waals surface area contributed by atoms with Gasteiger partial charge in [-0.05, 0) is 0 Å². The van der Waals surface area contributed by atoms with Crippen LogP contribution in [-0.4, -0.2) is 0 Å². The summed E-state index contributed by atoms with van der Waals surface area (Å²) in [4.78, 5) is 0. The number of halogens is 2. The van der Waals surface area contributed by atoms with Gasteiger partial charge in [0, 0.05) is 65.4 Å². The first kappa shape index (κ1) is 14.8. The maximum Gasteiger partial charge on any atom is 0 e. The predicted octanol–water partition coefficient (Wildman–Crippen LogP) is 1.87. The fraction of sp³-hybridized carbons (Fsp3) is 0.143. The number of hydrogen-bond acceptors (Lipinski definition) is 0. The monoisotopic (exact) mass is 304 g/mol. The summed E-state index contributed by atoms with van der Waals surface area (Å²) in [5.41, 5.74) is 0.448. The Kier molecular flexibility index (Phi) is 9.10. The topological polar surface area (TPSA) is 0 Å². The molecular formula is C7H4F2Y2-2. The van der Waals surface area contributed by atoms with Gasteiger partial charge in [-0.15, -0.1) is 11.6 Å². The van der Waals surface area contributed by atoms with E-state index in [0.29, 0.717) is 5.56 Å². The molecule has 0 aliphatic carbocycles. The molecule has 0 aliphatic heterocycles. The van der Waals surface area contributed by atoms with E-state index in [4.69, 9.17) is 0 Å². The van der Waals surface area contributed by atoms with Crippen LogP contribution in [-0.2, 0) is 65.4 Å². The molecule has 0 heterocycles. The van der Waals surface area contributed by atoms with E-state index in [1.54, 1.807) is 6.92 Å². The summed E-state index contributed by atoms with van der Waals surface area (Å²) in [6, 6.07) is 5.24. The molecule has 0 N–H and O–H groups in total. The molecule has 1 rings (SSSR count). The Bertz CT molecular complexity index is 175. The fourth-order valence-electron chi connectivity index (χ4n) is 0.571. The first-order valence-electron chi connectivity index (χ1n) is 2.46. The molecule has 1 aromatic rings. The van der Waals surface area contributed by atoms with Crippen molar-refractivity contribution in [1.29, 1.82) is 0 Å². The molecule has 0 fully saturated rings. The largest absolute Gasteiger partial charge is 0.319 e. The summed E-state index contributed by atoms with van der Waals surface area (Å²) in [6.07, 6.45) is 0. The van der Waals surface area contributed by atoms with Crippen molar-refractivity contribution in [3.63, 3.8) is 0 Å². The SMILES string of the molecule is Cc1[c-]c(F)[c-]c(F)c1.[Y].[Y]. The second-order valence-electron chi connectivity index (χ2n) is 1.74. The van der Waals surface area contributed by atoms with Crippen LogP contribution in [0.3, 0.4) is 0 Å². The molecule has 0 atom stereocenters. The summed E-state index contributed by atoms with van der Waals surface area (Å²) in [5.74, 6) is -1.45. The average molecular weight is 304 g/mol. The molecule has 0 unspecified atom stereocenters. The van der Waals surface area contributed by atoms with E-state index in [9.17, 15) is 8.78 Å². The Hall–Kier alpha value is 1.29. The smallest absolute Gasteiger partial charge is 0 e. The van der Waals surface area contributed by atoms with Crippen LogP contribution in [0.5, 0.6) is 0 Å². The third-order valence-corrected chi connectivity index (χ3v) is 0.879. The van der Waals surface area contributed by atoms with Crippen molar-refractivity contribution in [3.8, 4) is 0 Å². The van der Waals surface area contributed by atoms with Crippen molar-refractivity contribution in [1.82, 2.24) is 0 Å². The van der Waals surface area contributed by atoms with Crippen LogP contribution in [0.4, 0.5) is 8.78 Å². The average Bonchev–Trinajstić information content (AvgIpc) is 1.59. The molecule has 54 valence electrons. The van der Waals surface area contributed by atoms with Crippen LogP contribution >= 0.6 is 0 Å².